The van der Waals surface area contributed by atoms with Crippen molar-refractivity contribution in [2.24, 2.45) is 0 Å². The number of furan rings is 1. The maximum Gasteiger partial charge on any atom is 0.292 e. The molecule has 0 aliphatic rings. The molecular formula is C13H13BrN2O3. The number of aryl methyl sites for hydroxylation is 2. The summed E-state index contributed by atoms with van der Waals surface area (Å²) in [5, 5.41) is 14.1. The van der Waals surface area contributed by atoms with E-state index in [1.165, 1.54) is 0 Å². The quantitative estimate of drug-likeness (QED) is 0.676. The molecule has 6 heteroatoms. The van der Waals surface area contributed by atoms with Crippen molar-refractivity contribution < 1.29 is 9.34 Å². The molecule has 0 atom stereocenters. The van der Waals surface area contributed by atoms with Crippen molar-refractivity contribution in [1.82, 2.24) is 0 Å². The Morgan fingerprint density at radius 2 is 2.00 bits per heavy atom. The number of rotatable bonds is 4. The van der Waals surface area contributed by atoms with E-state index in [9.17, 15) is 10.1 Å². The third-order valence-corrected chi connectivity index (χ3v) is 3.32. The first-order valence-electron chi connectivity index (χ1n) is 5.71. The van der Waals surface area contributed by atoms with Crippen LogP contribution in [0.4, 0.5) is 11.4 Å². The second-order valence-electron chi connectivity index (χ2n) is 4.27. The lowest BCUT2D eigenvalue weighted by atomic mass is 10.1. The predicted molar refractivity (Wildman–Crippen MR) is 76.3 cm³/mol. The zero-order chi connectivity index (χ0) is 14.0. The molecule has 0 aliphatic carbocycles. The lowest BCUT2D eigenvalue weighted by Gasteiger charge is -2.08. The van der Waals surface area contributed by atoms with Crippen LogP contribution in [0.1, 0.15) is 16.9 Å². The van der Waals surface area contributed by atoms with E-state index in [0.29, 0.717) is 22.7 Å². The first-order valence-corrected chi connectivity index (χ1v) is 6.50. The van der Waals surface area contributed by atoms with Crippen LogP contribution in [0.15, 0.2) is 33.4 Å². The average molecular weight is 325 g/mol. The van der Waals surface area contributed by atoms with Gasteiger partial charge in [0.15, 0.2) is 4.67 Å². The molecule has 0 fully saturated rings. The smallest absolute Gasteiger partial charge is 0.292 e. The molecule has 1 N–H and O–H groups in total. The largest absolute Gasteiger partial charge is 0.452 e. The first kappa shape index (κ1) is 13.6. The molecule has 0 saturated carbocycles. The highest BCUT2D eigenvalue weighted by Gasteiger charge is 2.15. The summed E-state index contributed by atoms with van der Waals surface area (Å²) in [4.78, 5) is 10.7. The van der Waals surface area contributed by atoms with Gasteiger partial charge in [-0.25, -0.2) is 0 Å². The molecule has 2 rings (SSSR count). The van der Waals surface area contributed by atoms with Gasteiger partial charge in [-0.3, -0.25) is 10.1 Å². The number of hydrogen-bond donors (Lipinski definition) is 1. The molecule has 5 nitrogen and oxygen atoms in total. The minimum Gasteiger partial charge on any atom is -0.452 e. The van der Waals surface area contributed by atoms with Crippen molar-refractivity contribution in [3.05, 3.63) is 55.9 Å². The van der Waals surface area contributed by atoms with Gasteiger partial charge in [0.05, 0.1) is 11.5 Å². The Labute approximate surface area is 118 Å². The average Bonchev–Trinajstić information content (AvgIpc) is 2.76. The Bertz CT molecular complexity index is 622. The molecule has 19 heavy (non-hydrogen) atoms. The molecule has 0 spiro atoms. The number of nitro benzene ring substituents is 1. The monoisotopic (exact) mass is 324 g/mol. The van der Waals surface area contributed by atoms with E-state index in [1.54, 1.807) is 18.2 Å². The van der Waals surface area contributed by atoms with Crippen molar-refractivity contribution in [3.8, 4) is 0 Å². The minimum absolute atomic E-state index is 0.0775. The van der Waals surface area contributed by atoms with Crippen LogP contribution >= 0.6 is 15.9 Å². The molecule has 0 bridgehead atoms. The Hall–Kier alpha value is -1.82. The van der Waals surface area contributed by atoms with Crippen LogP contribution in [0.2, 0.25) is 0 Å². The molecule has 0 radical (unpaired) electrons. The van der Waals surface area contributed by atoms with Gasteiger partial charge in [0.25, 0.3) is 5.69 Å². The van der Waals surface area contributed by atoms with Crippen LogP contribution in [0.25, 0.3) is 0 Å². The summed E-state index contributed by atoms with van der Waals surface area (Å²) in [6.45, 7) is 4.18. The zero-order valence-electron chi connectivity index (χ0n) is 10.6. The minimum atomic E-state index is -0.382. The van der Waals surface area contributed by atoms with Crippen molar-refractivity contribution in [2.45, 2.75) is 20.4 Å². The fourth-order valence-electron chi connectivity index (χ4n) is 1.72. The van der Waals surface area contributed by atoms with Crippen molar-refractivity contribution in [2.75, 3.05) is 5.32 Å². The molecular weight excluding hydrogens is 312 g/mol. The number of anilines is 1. The third-order valence-electron chi connectivity index (χ3n) is 2.89. The van der Waals surface area contributed by atoms with Crippen molar-refractivity contribution >= 4 is 27.3 Å². The van der Waals surface area contributed by atoms with Gasteiger partial charge in [-0.05, 0) is 59.1 Å². The van der Waals surface area contributed by atoms with Crippen LogP contribution in [0.3, 0.4) is 0 Å². The molecule has 0 unspecified atom stereocenters. The van der Waals surface area contributed by atoms with Crippen LogP contribution in [0.5, 0.6) is 0 Å². The molecule has 2 aromatic rings. The molecule has 0 saturated heterocycles. The predicted octanol–water partition coefficient (Wildman–Crippen LogP) is 4.18. The summed E-state index contributed by atoms with van der Waals surface area (Å²) in [6.07, 6.45) is 0. The van der Waals surface area contributed by atoms with E-state index >= 15 is 0 Å². The zero-order valence-corrected chi connectivity index (χ0v) is 12.2. The van der Waals surface area contributed by atoms with Gasteiger partial charge in [-0.2, -0.15) is 0 Å². The Morgan fingerprint density at radius 3 is 2.58 bits per heavy atom. The van der Waals surface area contributed by atoms with E-state index in [2.05, 4.69) is 21.2 Å². The van der Waals surface area contributed by atoms with E-state index in [4.69, 9.17) is 4.42 Å². The number of hydrogen-bond acceptors (Lipinski definition) is 4. The molecule has 1 aromatic heterocycles. The number of nitro groups is 1. The highest BCUT2D eigenvalue weighted by molar-refractivity contribution is 9.10. The second-order valence-corrected chi connectivity index (χ2v) is 5.05. The Kier molecular flexibility index (Phi) is 3.90. The molecule has 1 aromatic carbocycles. The van der Waals surface area contributed by atoms with Crippen LogP contribution in [-0.2, 0) is 6.54 Å². The molecule has 100 valence electrons. The van der Waals surface area contributed by atoms with Gasteiger partial charge in [-0.1, -0.05) is 0 Å². The molecule has 1 heterocycles. The van der Waals surface area contributed by atoms with E-state index in [0.717, 1.165) is 11.1 Å². The number of halogens is 1. The lowest BCUT2D eigenvalue weighted by Crippen LogP contribution is -2.03. The Balaban J connectivity index is 2.23. The summed E-state index contributed by atoms with van der Waals surface area (Å²) >= 11 is 3.21. The number of benzene rings is 1. The topological polar surface area (TPSA) is 68.3 Å². The summed E-state index contributed by atoms with van der Waals surface area (Å²) < 4.78 is 5.98. The van der Waals surface area contributed by atoms with Gasteiger partial charge in [-0.15, -0.1) is 0 Å². The summed E-state index contributed by atoms with van der Waals surface area (Å²) in [5.41, 5.74) is 2.49. The summed E-state index contributed by atoms with van der Waals surface area (Å²) in [6, 6.07) is 6.96. The fraction of sp³-hybridized carbons (Fsp3) is 0.231. The first-order chi connectivity index (χ1) is 8.97. The molecule has 0 aliphatic heterocycles. The standard InChI is InChI=1S/C13H13BrN2O3/c1-8-5-11(12(16(17)18)6-9(8)2)15-7-10-3-4-13(14)19-10/h3-6,15H,7H2,1-2H3. The maximum absolute atomic E-state index is 11.0. The fourth-order valence-corrected chi connectivity index (χ4v) is 2.06. The number of nitrogens with one attached hydrogen (secondary N) is 1. The summed E-state index contributed by atoms with van der Waals surface area (Å²) in [7, 11) is 0. The van der Waals surface area contributed by atoms with Crippen molar-refractivity contribution in [3.63, 3.8) is 0 Å². The normalized spacial score (nSPS) is 10.5. The third kappa shape index (κ3) is 3.14. The highest BCUT2D eigenvalue weighted by Crippen LogP contribution is 2.28. The van der Waals surface area contributed by atoms with Crippen LogP contribution in [-0.4, -0.2) is 4.92 Å². The van der Waals surface area contributed by atoms with E-state index in [1.807, 2.05) is 19.9 Å². The summed E-state index contributed by atoms with van der Waals surface area (Å²) in [5.74, 6) is 0.708. The van der Waals surface area contributed by atoms with Gasteiger partial charge in [0, 0.05) is 6.07 Å². The van der Waals surface area contributed by atoms with E-state index < -0.39 is 0 Å². The lowest BCUT2D eigenvalue weighted by molar-refractivity contribution is -0.384. The van der Waals surface area contributed by atoms with Gasteiger partial charge in [0.1, 0.15) is 11.4 Å². The second kappa shape index (κ2) is 5.44. The highest BCUT2D eigenvalue weighted by atomic mass is 79.9. The SMILES string of the molecule is Cc1cc(NCc2ccc(Br)o2)c([N+](=O)[O-])cc1C. The maximum atomic E-state index is 11.0. The van der Waals surface area contributed by atoms with Gasteiger partial charge >= 0.3 is 0 Å². The number of nitrogens with zero attached hydrogens (tertiary/aromatic N) is 1. The van der Waals surface area contributed by atoms with Gasteiger partial charge < -0.3 is 9.73 Å². The van der Waals surface area contributed by atoms with Gasteiger partial charge in [0.2, 0.25) is 0 Å². The molecule has 0 amide bonds. The van der Waals surface area contributed by atoms with Crippen molar-refractivity contribution in [1.29, 1.82) is 0 Å². The Morgan fingerprint density at radius 1 is 1.32 bits per heavy atom. The van der Waals surface area contributed by atoms with E-state index in [-0.39, 0.29) is 10.6 Å². The van der Waals surface area contributed by atoms with Crippen LogP contribution < -0.4 is 5.32 Å². The van der Waals surface area contributed by atoms with Crippen LogP contribution in [0, 0.1) is 24.0 Å².